The van der Waals surface area contributed by atoms with Crippen molar-refractivity contribution in [3.63, 3.8) is 0 Å². The van der Waals surface area contributed by atoms with Gasteiger partial charge in [0.25, 0.3) is 0 Å². The summed E-state index contributed by atoms with van der Waals surface area (Å²) in [5, 5.41) is 0. The Labute approximate surface area is 237 Å². The molecule has 6 nitrogen and oxygen atoms in total. The minimum Gasteiger partial charge on any atom is -0.493 e. The Morgan fingerprint density at radius 2 is 0.725 bits per heavy atom. The summed E-state index contributed by atoms with van der Waals surface area (Å²) >= 11 is 0. The van der Waals surface area contributed by atoms with Crippen LogP contribution in [0, 0.1) is 16.2 Å². The molecule has 3 heterocycles. The fraction of sp³-hybridized carbons (Fsp3) is 0.471. The van der Waals surface area contributed by atoms with Crippen molar-refractivity contribution >= 4 is 0 Å². The first-order valence-corrected chi connectivity index (χ1v) is 14.2. The van der Waals surface area contributed by atoms with Crippen molar-refractivity contribution in [2.75, 3.05) is 59.5 Å². The zero-order valence-electron chi connectivity index (χ0n) is 23.8. The molecule has 3 fully saturated rings. The van der Waals surface area contributed by atoms with Crippen LogP contribution < -0.4 is 14.2 Å². The van der Waals surface area contributed by atoms with E-state index in [-0.39, 0.29) is 22.2 Å². The minimum absolute atomic E-state index is 0.0600. The second-order valence-corrected chi connectivity index (χ2v) is 12.9. The van der Waals surface area contributed by atoms with Crippen molar-refractivity contribution in [3.05, 3.63) is 89.5 Å². The summed E-state index contributed by atoms with van der Waals surface area (Å²) in [6, 6.07) is 25.5. The average Bonchev–Trinajstić information content (AvgIpc) is 2.93. The minimum atomic E-state index is 0.0600. The first kappa shape index (κ1) is 27.1. The quantitative estimate of drug-likeness (QED) is 0.256. The summed E-state index contributed by atoms with van der Waals surface area (Å²) in [7, 11) is 0. The predicted octanol–water partition coefficient (Wildman–Crippen LogP) is 6.11. The molecule has 3 aromatic carbocycles. The van der Waals surface area contributed by atoms with Crippen molar-refractivity contribution in [3.8, 4) is 17.2 Å². The van der Waals surface area contributed by atoms with E-state index in [9.17, 15) is 0 Å². The molecule has 6 heteroatoms. The number of rotatable bonds is 12. The number of hydrogen-bond donors (Lipinski definition) is 0. The monoisotopic (exact) mass is 544 g/mol. The van der Waals surface area contributed by atoms with Crippen LogP contribution in [0.2, 0.25) is 0 Å². The second kappa shape index (κ2) is 11.1. The van der Waals surface area contributed by atoms with Gasteiger partial charge in [-0.1, -0.05) is 57.2 Å². The van der Waals surface area contributed by atoms with Gasteiger partial charge in [-0.25, -0.2) is 0 Å². The molecule has 0 N–H and O–H groups in total. The van der Waals surface area contributed by atoms with E-state index >= 15 is 0 Å². The fourth-order valence-electron chi connectivity index (χ4n) is 5.22. The molecule has 0 bridgehead atoms. The first-order valence-electron chi connectivity index (χ1n) is 14.2. The van der Waals surface area contributed by atoms with Crippen molar-refractivity contribution < 1.29 is 28.4 Å². The van der Waals surface area contributed by atoms with Crippen molar-refractivity contribution in [1.29, 1.82) is 0 Å². The maximum atomic E-state index is 6.10. The van der Waals surface area contributed by atoms with Crippen LogP contribution in [0.4, 0.5) is 0 Å². The third-order valence-electron chi connectivity index (χ3n) is 8.11. The molecule has 0 saturated carbocycles. The lowest BCUT2D eigenvalue weighted by Crippen LogP contribution is -2.44. The van der Waals surface area contributed by atoms with Gasteiger partial charge in [0.15, 0.2) is 0 Å². The van der Waals surface area contributed by atoms with Crippen molar-refractivity contribution in [2.24, 2.45) is 16.2 Å². The van der Waals surface area contributed by atoms with Crippen LogP contribution in [-0.4, -0.2) is 59.5 Å². The third kappa shape index (κ3) is 6.14. The molecule has 6 rings (SSSR count). The van der Waals surface area contributed by atoms with Crippen LogP contribution in [0.15, 0.2) is 72.8 Å². The summed E-state index contributed by atoms with van der Waals surface area (Å²) < 4.78 is 34.4. The normalized spacial score (nSPS) is 20.1. The van der Waals surface area contributed by atoms with Gasteiger partial charge in [0.05, 0.1) is 59.5 Å². The molecule has 40 heavy (non-hydrogen) atoms. The summed E-state index contributed by atoms with van der Waals surface area (Å²) in [6.07, 6.45) is 0. The molecule has 0 aromatic heterocycles. The highest BCUT2D eigenvalue weighted by atomic mass is 16.5. The Balaban J connectivity index is 1.19. The molecule has 0 radical (unpaired) electrons. The first-order chi connectivity index (χ1) is 19.3. The highest BCUT2D eigenvalue weighted by molar-refractivity contribution is 5.47. The largest absolute Gasteiger partial charge is 0.493 e. The van der Waals surface area contributed by atoms with E-state index in [4.69, 9.17) is 28.4 Å². The van der Waals surface area contributed by atoms with Crippen LogP contribution in [-0.2, 0) is 14.2 Å². The lowest BCUT2D eigenvalue weighted by Gasteiger charge is -2.37. The molecule has 3 saturated heterocycles. The number of benzene rings is 3. The molecule has 3 aliphatic rings. The Morgan fingerprint density at radius 3 is 0.925 bits per heavy atom. The lowest BCUT2D eigenvalue weighted by molar-refractivity contribution is -0.120. The van der Waals surface area contributed by atoms with E-state index in [1.54, 1.807) is 0 Å². The maximum absolute atomic E-state index is 6.10. The topological polar surface area (TPSA) is 55.4 Å². The van der Waals surface area contributed by atoms with Gasteiger partial charge >= 0.3 is 0 Å². The van der Waals surface area contributed by atoms with Gasteiger partial charge < -0.3 is 28.4 Å². The highest BCUT2D eigenvalue weighted by Crippen LogP contribution is 2.36. The zero-order valence-corrected chi connectivity index (χ0v) is 23.8. The molecule has 3 aromatic rings. The molecule has 0 spiro atoms. The van der Waals surface area contributed by atoms with Gasteiger partial charge in [0.2, 0.25) is 0 Å². The fourth-order valence-corrected chi connectivity index (χ4v) is 5.22. The Hall–Kier alpha value is -3.06. The van der Waals surface area contributed by atoms with Crippen LogP contribution in [0.5, 0.6) is 17.2 Å². The van der Waals surface area contributed by atoms with E-state index in [0.29, 0.717) is 19.8 Å². The Bertz CT molecular complexity index is 1090. The predicted molar refractivity (Wildman–Crippen MR) is 154 cm³/mol. The maximum Gasteiger partial charge on any atom is 0.119 e. The van der Waals surface area contributed by atoms with Gasteiger partial charge in [0.1, 0.15) is 17.2 Å². The standard InChI is InChI=1S/C34H40O6/c1-32(16-35-17-32)22-38-28-10-4-25(5-11-28)31(26-6-12-29(13-7-26)39-23-33(2)18-36-19-33)27-8-14-30(15-9-27)40-24-34(3)20-37-21-34/h4-15,31H,16-24H2,1-3H3. The van der Waals surface area contributed by atoms with Crippen LogP contribution >= 0.6 is 0 Å². The number of ether oxygens (including phenoxy) is 6. The van der Waals surface area contributed by atoms with E-state index in [2.05, 4.69) is 93.6 Å². The van der Waals surface area contributed by atoms with E-state index in [1.807, 2.05) is 0 Å². The summed E-state index contributed by atoms with van der Waals surface area (Å²) in [4.78, 5) is 0. The van der Waals surface area contributed by atoms with Gasteiger partial charge in [0, 0.05) is 22.2 Å². The highest BCUT2D eigenvalue weighted by Gasteiger charge is 2.35. The average molecular weight is 545 g/mol. The Kier molecular flexibility index (Phi) is 7.51. The smallest absolute Gasteiger partial charge is 0.119 e. The molecule has 0 amide bonds. The second-order valence-electron chi connectivity index (χ2n) is 12.9. The lowest BCUT2D eigenvalue weighted by atomic mass is 9.85. The summed E-state index contributed by atoms with van der Waals surface area (Å²) in [5.74, 6) is 2.70. The number of hydrogen-bond acceptors (Lipinski definition) is 6. The van der Waals surface area contributed by atoms with E-state index < -0.39 is 0 Å². The van der Waals surface area contributed by atoms with Crippen LogP contribution in [0.1, 0.15) is 43.4 Å². The summed E-state index contributed by atoms with van der Waals surface area (Å²) in [6.45, 7) is 13.1. The van der Waals surface area contributed by atoms with E-state index in [0.717, 1.165) is 56.9 Å². The van der Waals surface area contributed by atoms with Gasteiger partial charge in [-0.15, -0.1) is 0 Å². The molecule has 0 unspecified atom stereocenters. The molecule has 3 aliphatic heterocycles. The molecule has 0 atom stereocenters. The SMILES string of the molecule is CC1(COc2ccc(C(c3ccc(OCC4(C)COC4)cc3)c3ccc(OCC4(C)COC4)cc3)cc2)COC1. The van der Waals surface area contributed by atoms with Gasteiger partial charge in [-0.05, 0) is 53.1 Å². The third-order valence-corrected chi connectivity index (χ3v) is 8.11. The van der Waals surface area contributed by atoms with Crippen LogP contribution in [0.25, 0.3) is 0 Å². The molecule has 0 aliphatic carbocycles. The van der Waals surface area contributed by atoms with Gasteiger partial charge in [-0.3, -0.25) is 0 Å². The molecule has 212 valence electrons. The zero-order chi connectivity index (χ0) is 27.6. The van der Waals surface area contributed by atoms with Crippen molar-refractivity contribution in [2.45, 2.75) is 26.7 Å². The van der Waals surface area contributed by atoms with E-state index in [1.165, 1.54) is 16.7 Å². The summed E-state index contributed by atoms with van der Waals surface area (Å²) in [5.41, 5.74) is 3.94. The van der Waals surface area contributed by atoms with Crippen LogP contribution in [0.3, 0.4) is 0 Å². The Morgan fingerprint density at radius 1 is 0.475 bits per heavy atom. The molecular weight excluding hydrogens is 504 g/mol. The van der Waals surface area contributed by atoms with Gasteiger partial charge in [-0.2, -0.15) is 0 Å². The molecular formula is C34H40O6. The van der Waals surface area contributed by atoms with Crippen molar-refractivity contribution in [1.82, 2.24) is 0 Å².